The van der Waals surface area contributed by atoms with Gasteiger partial charge in [0.25, 0.3) is 0 Å². The first-order valence-corrected chi connectivity index (χ1v) is 16.4. The fourth-order valence-corrected chi connectivity index (χ4v) is 7.61. The molecule has 0 N–H and O–H groups in total. The van der Waals surface area contributed by atoms with Gasteiger partial charge < -0.3 is 0 Å². The third kappa shape index (κ3) is 4.13. The summed E-state index contributed by atoms with van der Waals surface area (Å²) in [5, 5.41) is 14.5. The van der Waals surface area contributed by atoms with Gasteiger partial charge in [0.2, 0.25) is 0 Å². The first kappa shape index (κ1) is 26.8. The van der Waals surface area contributed by atoms with Gasteiger partial charge in [-0.2, -0.15) is 0 Å². The molecule has 0 spiro atoms. The molecule has 10 aromatic rings. The van der Waals surface area contributed by atoms with Crippen LogP contribution in [-0.4, -0.2) is 9.97 Å². The lowest BCUT2D eigenvalue weighted by Crippen LogP contribution is -1.98. The number of rotatable bonds is 3. The molecule has 0 unspecified atom stereocenters. The molecular weight excluding hydrogens is 581 g/mol. The molecule has 10 rings (SSSR count). The summed E-state index contributed by atoms with van der Waals surface area (Å²) in [6, 6.07) is 60.9. The molecule has 0 fully saturated rings. The van der Waals surface area contributed by atoms with Crippen molar-refractivity contribution >= 4 is 64.6 Å². The monoisotopic (exact) mass is 608 g/mol. The average molecular weight is 609 g/mol. The smallest absolute Gasteiger partial charge is 0.160 e. The van der Waals surface area contributed by atoms with Crippen LogP contribution in [0.3, 0.4) is 0 Å². The van der Waals surface area contributed by atoms with Gasteiger partial charge in [-0.15, -0.1) is 0 Å². The van der Waals surface area contributed by atoms with Crippen molar-refractivity contribution in [2.24, 2.45) is 0 Å². The molecule has 0 atom stereocenters. The molecule has 0 saturated heterocycles. The number of aromatic nitrogens is 2. The number of hydrogen-bond acceptors (Lipinski definition) is 2. The Morgan fingerprint density at radius 3 is 1.19 bits per heavy atom. The molecule has 9 aromatic carbocycles. The van der Waals surface area contributed by atoms with E-state index in [9.17, 15) is 0 Å². The molecule has 2 heteroatoms. The van der Waals surface area contributed by atoms with Gasteiger partial charge in [0.15, 0.2) is 5.82 Å². The SMILES string of the molecule is c1ccc(-c2nc(-c3c4ccccc4cc4c3ccc3ccccc34)cc(-c3c4ccccc4cc4c3ccc3ccccc34)n2)cc1. The van der Waals surface area contributed by atoms with Gasteiger partial charge >= 0.3 is 0 Å². The largest absolute Gasteiger partial charge is 0.228 e. The second-order valence-corrected chi connectivity index (χ2v) is 12.5. The van der Waals surface area contributed by atoms with Crippen LogP contribution < -0.4 is 0 Å². The maximum Gasteiger partial charge on any atom is 0.160 e. The summed E-state index contributed by atoms with van der Waals surface area (Å²) >= 11 is 0. The lowest BCUT2D eigenvalue weighted by molar-refractivity contribution is 1.19. The Morgan fingerprint density at radius 2 is 0.688 bits per heavy atom. The van der Waals surface area contributed by atoms with Gasteiger partial charge in [-0.25, -0.2) is 9.97 Å². The Bertz CT molecular complexity index is 2710. The molecule has 1 aromatic heterocycles. The van der Waals surface area contributed by atoms with E-state index in [-0.39, 0.29) is 0 Å². The van der Waals surface area contributed by atoms with E-state index in [4.69, 9.17) is 9.97 Å². The normalized spacial score (nSPS) is 11.8. The van der Waals surface area contributed by atoms with Crippen LogP contribution in [0.1, 0.15) is 0 Å². The van der Waals surface area contributed by atoms with E-state index in [1.54, 1.807) is 0 Å². The Labute approximate surface area is 277 Å². The lowest BCUT2D eigenvalue weighted by atomic mass is 9.89. The molecular formula is C46H28N2. The zero-order valence-electron chi connectivity index (χ0n) is 26.1. The maximum atomic E-state index is 5.38. The van der Waals surface area contributed by atoms with Crippen molar-refractivity contribution in [1.29, 1.82) is 0 Å². The van der Waals surface area contributed by atoms with Crippen LogP contribution in [-0.2, 0) is 0 Å². The number of hydrogen-bond donors (Lipinski definition) is 0. The van der Waals surface area contributed by atoms with Gasteiger partial charge in [-0.05, 0) is 82.8 Å². The first-order valence-electron chi connectivity index (χ1n) is 16.4. The highest BCUT2D eigenvalue weighted by Crippen LogP contribution is 2.43. The van der Waals surface area contributed by atoms with Crippen molar-refractivity contribution in [3.63, 3.8) is 0 Å². The molecule has 48 heavy (non-hydrogen) atoms. The predicted octanol–water partition coefficient (Wildman–Crippen LogP) is 12.4. The molecule has 1 heterocycles. The van der Waals surface area contributed by atoms with Crippen molar-refractivity contribution < 1.29 is 0 Å². The van der Waals surface area contributed by atoms with Crippen molar-refractivity contribution in [3.05, 3.63) is 170 Å². The number of fused-ring (bicyclic) bond motifs is 8. The number of benzene rings is 9. The van der Waals surface area contributed by atoms with Gasteiger partial charge in [-0.1, -0.05) is 152 Å². The highest BCUT2D eigenvalue weighted by atomic mass is 14.9. The van der Waals surface area contributed by atoms with E-state index in [2.05, 4.69) is 164 Å². The predicted molar refractivity (Wildman–Crippen MR) is 203 cm³/mol. The molecule has 0 aliphatic heterocycles. The zero-order chi connectivity index (χ0) is 31.6. The van der Waals surface area contributed by atoms with Crippen molar-refractivity contribution in [2.75, 3.05) is 0 Å². The Hall–Kier alpha value is -6.38. The second kappa shape index (κ2) is 10.6. The summed E-state index contributed by atoms with van der Waals surface area (Å²) < 4.78 is 0. The molecule has 0 bridgehead atoms. The van der Waals surface area contributed by atoms with Gasteiger partial charge in [0.1, 0.15) is 0 Å². The summed E-state index contributed by atoms with van der Waals surface area (Å²) in [7, 11) is 0. The van der Waals surface area contributed by atoms with Crippen molar-refractivity contribution in [3.8, 4) is 33.9 Å². The fraction of sp³-hybridized carbons (Fsp3) is 0. The molecule has 0 radical (unpaired) electrons. The highest BCUT2D eigenvalue weighted by molar-refractivity contribution is 6.22. The highest BCUT2D eigenvalue weighted by Gasteiger charge is 2.19. The van der Waals surface area contributed by atoms with Crippen molar-refractivity contribution in [2.45, 2.75) is 0 Å². The van der Waals surface area contributed by atoms with Crippen LogP contribution >= 0.6 is 0 Å². The molecule has 0 saturated carbocycles. The minimum atomic E-state index is 0.715. The average Bonchev–Trinajstić information content (AvgIpc) is 3.16. The van der Waals surface area contributed by atoms with Crippen LogP contribution in [0.15, 0.2) is 170 Å². The zero-order valence-corrected chi connectivity index (χ0v) is 26.1. The third-order valence-electron chi connectivity index (χ3n) is 9.81. The molecule has 0 amide bonds. The molecule has 0 aliphatic rings. The Balaban J connectivity index is 1.37. The first-order chi connectivity index (χ1) is 23.8. The maximum absolute atomic E-state index is 5.38. The minimum absolute atomic E-state index is 0.715. The lowest BCUT2D eigenvalue weighted by Gasteiger charge is -2.17. The van der Waals surface area contributed by atoms with E-state index < -0.39 is 0 Å². The van der Waals surface area contributed by atoms with Crippen LogP contribution in [0, 0.1) is 0 Å². The van der Waals surface area contributed by atoms with Crippen molar-refractivity contribution in [1.82, 2.24) is 9.97 Å². The van der Waals surface area contributed by atoms with Gasteiger partial charge in [0, 0.05) is 16.7 Å². The number of nitrogens with zero attached hydrogens (tertiary/aromatic N) is 2. The molecule has 222 valence electrons. The van der Waals surface area contributed by atoms with E-state index >= 15 is 0 Å². The van der Waals surface area contributed by atoms with E-state index in [0.29, 0.717) is 5.82 Å². The fourth-order valence-electron chi connectivity index (χ4n) is 7.61. The summed E-state index contributed by atoms with van der Waals surface area (Å²) in [6.07, 6.45) is 0. The Morgan fingerprint density at radius 1 is 0.271 bits per heavy atom. The van der Waals surface area contributed by atoms with Crippen LogP contribution in [0.2, 0.25) is 0 Å². The topological polar surface area (TPSA) is 25.8 Å². The van der Waals surface area contributed by atoms with E-state index in [0.717, 1.165) is 28.1 Å². The van der Waals surface area contributed by atoms with E-state index in [1.807, 2.05) is 6.07 Å². The quantitative estimate of drug-likeness (QED) is 0.147. The summed E-state index contributed by atoms with van der Waals surface area (Å²) in [4.78, 5) is 10.8. The summed E-state index contributed by atoms with van der Waals surface area (Å²) in [5.41, 5.74) is 5.08. The standard InChI is InChI=1S/C46H28N2/c1-2-14-31(15-3-1)46-47-42(44-36-20-10-6-16-32(36)26-40-34-18-8-4-12-29(34)22-24-38(40)44)28-43(48-46)45-37-21-11-7-17-33(37)27-41-35-19-9-5-13-30(35)23-25-39(41)45/h1-28H. The van der Waals surface area contributed by atoms with Crippen LogP contribution in [0.25, 0.3) is 98.5 Å². The molecule has 0 aliphatic carbocycles. The summed E-state index contributed by atoms with van der Waals surface area (Å²) in [5.74, 6) is 0.715. The minimum Gasteiger partial charge on any atom is -0.228 e. The van der Waals surface area contributed by atoms with Crippen LogP contribution in [0.4, 0.5) is 0 Å². The van der Waals surface area contributed by atoms with Gasteiger partial charge in [-0.3, -0.25) is 0 Å². The molecule has 2 nitrogen and oxygen atoms in total. The third-order valence-corrected chi connectivity index (χ3v) is 9.81. The summed E-state index contributed by atoms with van der Waals surface area (Å²) in [6.45, 7) is 0. The van der Waals surface area contributed by atoms with Crippen LogP contribution in [0.5, 0.6) is 0 Å². The van der Waals surface area contributed by atoms with Gasteiger partial charge in [0.05, 0.1) is 11.4 Å². The second-order valence-electron chi connectivity index (χ2n) is 12.5. The van der Waals surface area contributed by atoms with E-state index in [1.165, 1.54) is 64.6 Å². The Kier molecular flexibility index (Phi) is 5.91.